The van der Waals surface area contributed by atoms with Gasteiger partial charge in [0.15, 0.2) is 11.5 Å². The second kappa shape index (κ2) is 8.42. The number of hydrogen-bond donors (Lipinski definition) is 1. The number of ether oxygens (including phenoxy) is 2. The number of carbonyl (C=O) groups is 3. The van der Waals surface area contributed by atoms with Gasteiger partial charge in [0.1, 0.15) is 12.1 Å². The minimum absolute atomic E-state index is 0.0645. The molecule has 0 radical (unpaired) electrons. The number of fused-ring (bicyclic) bond motifs is 1. The number of hydrogen-bond acceptors (Lipinski definition) is 5. The van der Waals surface area contributed by atoms with E-state index in [-0.39, 0.29) is 25.3 Å². The average molecular weight is 450 g/mol. The smallest absolute Gasteiger partial charge is 0.325 e. The van der Waals surface area contributed by atoms with Gasteiger partial charge in [0, 0.05) is 11.7 Å². The van der Waals surface area contributed by atoms with Crippen LogP contribution in [0.15, 0.2) is 48.5 Å². The van der Waals surface area contributed by atoms with Crippen molar-refractivity contribution in [1.82, 2.24) is 10.2 Å². The van der Waals surface area contributed by atoms with E-state index in [9.17, 15) is 14.4 Å². The third kappa shape index (κ3) is 3.79. The highest BCUT2D eigenvalue weighted by Crippen LogP contribution is 2.38. The topological polar surface area (TPSA) is 88.2 Å². The third-order valence-corrected chi connectivity index (χ3v) is 6.76. The highest BCUT2D eigenvalue weighted by Gasteiger charge is 2.50. The summed E-state index contributed by atoms with van der Waals surface area (Å²) in [6.07, 6.45) is 5.11. The summed E-state index contributed by atoms with van der Waals surface area (Å²) in [4.78, 5) is 42.6. The Balaban J connectivity index is 1.39. The van der Waals surface area contributed by atoms with Gasteiger partial charge >= 0.3 is 6.03 Å². The van der Waals surface area contributed by atoms with Gasteiger partial charge in [-0.25, -0.2) is 4.79 Å². The molecule has 1 unspecified atom stereocenters. The van der Waals surface area contributed by atoms with Gasteiger partial charge in [0.05, 0.1) is 0 Å². The van der Waals surface area contributed by atoms with Crippen LogP contribution in [0.1, 0.15) is 44.6 Å². The first-order valence-corrected chi connectivity index (χ1v) is 11.4. The van der Waals surface area contributed by atoms with Crippen LogP contribution in [0, 0.1) is 0 Å². The molecule has 5 rings (SSSR count). The van der Waals surface area contributed by atoms with Crippen LogP contribution in [0.5, 0.6) is 11.5 Å². The highest BCUT2D eigenvalue weighted by atomic mass is 16.7. The Labute approximate surface area is 192 Å². The lowest BCUT2D eigenvalue weighted by molar-refractivity contribution is -0.134. The number of imide groups is 1. The molecule has 0 spiro atoms. The van der Waals surface area contributed by atoms with Gasteiger partial charge in [-0.1, -0.05) is 43.5 Å². The van der Waals surface area contributed by atoms with Crippen molar-refractivity contribution in [1.29, 1.82) is 0 Å². The lowest BCUT2D eigenvalue weighted by atomic mass is 9.91. The Morgan fingerprint density at radius 3 is 2.55 bits per heavy atom. The zero-order valence-corrected chi connectivity index (χ0v) is 18.6. The minimum atomic E-state index is -1.29. The zero-order chi connectivity index (χ0) is 23.0. The van der Waals surface area contributed by atoms with E-state index in [1.165, 1.54) is 0 Å². The first-order chi connectivity index (χ1) is 16.0. The van der Waals surface area contributed by atoms with Crippen molar-refractivity contribution in [3.8, 4) is 11.5 Å². The van der Waals surface area contributed by atoms with Crippen LogP contribution in [-0.4, -0.2) is 42.1 Å². The molecule has 33 heavy (non-hydrogen) atoms. The van der Waals surface area contributed by atoms with Crippen LogP contribution in [-0.2, 0) is 15.1 Å². The maximum absolute atomic E-state index is 13.5. The van der Waals surface area contributed by atoms with E-state index in [1.807, 2.05) is 30.3 Å². The van der Waals surface area contributed by atoms with E-state index in [2.05, 4.69) is 5.32 Å². The number of anilines is 1. The summed E-state index contributed by atoms with van der Waals surface area (Å²) in [5.74, 6) is 0.401. The molecule has 1 saturated heterocycles. The molecule has 4 amide bonds. The summed E-state index contributed by atoms with van der Waals surface area (Å²) in [7, 11) is 0. The molecular formula is C25H27N3O5. The molecule has 1 N–H and O–H groups in total. The maximum atomic E-state index is 13.5. The van der Waals surface area contributed by atoms with Crippen LogP contribution in [0.25, 0.3) is 0 Å². The number of nitrogens with one attached hydrogen (secondary N) is 1. The lowest BCUT2D eigenvalue weighted by Gasteiger charge is -2.35. The number of nitrogens with zero attached hydrogens (tertiary/aromatic N) is 2. The number of amides is 4. The Hall–Kier alpha value is -3.55. The van der Waals surface area contributed by atoms with E-state index in [4.69, 9.17) is 9.47 Å². The van der Waals surface area contributed by atoms with Gasteiger partial charge in [-0.15, -0.1) is 0 Å². The number of benzene rings is 2. The summed E-state index contributed by atoms with van der Waals surface area (Å²) in [5.41, 5.74) is 0.0769. The van der Waals surface area contributed by atoms with Crippen molar-refractivity contribution in [3.63, 3.8) is 0 Å². The molecule has 0 bridgehead atoms. The van der Waals surface area contributed by atoms with Crippen LogP contribution in [0.4, 0.5) is 10.5 Å². The zero-order valence-electron chi connectivity index (χ0n) is 18.6. The first-order valence-electron chi connectivity index (χ1n) is 11.4. The molecule has 2 aliphatic heterocycles. The van der Waals surface area contributed by atoms with E-state index in [0.29, 0.717) is 17.1 Å². The Morgan fingerprint density at radius 1 is 1.06 bits per heavy atom. The Bertz CT molecular complexity index is 1080. The molecule has 3 aliphatic rings. The van der Waals surface area contributed by atoms with Gasteiger partial charge in [-0.3, -0.25) is 14.5 Å². The van der Waals surface area contributed by atoms with Crippen molar-refractivity contribution in [2.75, 3.05) is 18.2 Å². The van der Waals surface area contributed by atoms with Crippen LogP contribution in [0.2, 0.25) is 0 Å². The minimum Gasteiger partial charge on any atom is -0.454 e. The number of urea groups is 1. The Morgan fingerprint density at radius 2 is 1.79 bits per heavy atom. The van der Waals surface area contributed by atoms with Gasteiger partial charge < -0.3 is 19.7 Å². The first kappa shape index (κ1) is 21.3. The van der Waals surface area contributed by atoms with E-state index in [1.54, 1.807) is 30.0 Å². The average Bonchev–Trinajstić information content (AvgIpc) is 3.39. The maximum Gasteiger partial charge on any atom is 0.325 e. The molecule has 2 aromatic rings. The fraction of sp³-hybridized carbons (Fsp3) is 0.400. The highest BCUT2D eigenvalue weighted by molar-refractivity contribution is 6.10. The number of rotatable bonds is 5. The molecule has 2 heterocycles. The summed E-state index contributed by atoms with van der Waals surface area (Å²) >= 11 is 0. The van der Waals surface area contributed by atoms with Crippen molar-refractivity contribution < 1.29 is 23.9 Å². The summed E-state index contributed by atoms with van der Waals surface area (Å²) in [5, 5.41) is 2.77. The SMILES string of the molecule is CC1(c2ccc3c(c2)OCO3)NC(=O)N(CC(=O)N(c2ccccc2)C2CCCCC2)C1=O. The predicted octanol–water partition coefficient (Wildman–Crippen LogP) is 3.55. The van der Waals surface area contributed by atoms with Crippen LogP contribution < -0.4 is 19.7 Å². The molecule has 1 saturated carbocycles. The largest absolute Gasteiger partial charge is 0.454 e. The number of para-hydroxylation sites is 1. The fourth-order valence-electron chi connectivity index (χ4n) is 4.94. The van der Waals surface area contributed by atoms with Crippen LogP contribution >= 0.6 is 0 Å². The van der Waals surface area contributed by atoms with Crippen molar-refractivity contribution in [2.45, 2.75) is 50.6 Å². The third-order valence-electron chi connectivity index (χ3n) is 6.76. The van der Waals surface area contributed by atoms with E-state index < -0.39 is 17.5 Å². The predicted molar refractivity (Wildman–Crippen MR) is 121 cm³/mol. The lowest BCUT2D eigenvalue weighted by Crippen LogP contribution is -2.48. The number of carbonyl (C=O) groups excluding carboxylic acids is 3. The van der Waals surface area contributed by atoms with E-state index >= 15 is 0 Å². The quantitative estimate of drug-likeness (QED) is 0.706. The molecule has 1 aliphatic carbocycles. The molecule has 2 fully saturated rings. The monoisotopic (exact) mass is 449 g/mol. The van der Waals surface area contributed by atoms with Gasteiger partial charge in [-0.05, 0) is 49.6 Å². The van der Waals surface area contributed by atoms with Crippen LogP contribution in [0.3, 0.4) is 0 Å². The molecule has 2 aromatic carbocycles. The van der Waals surface area contributed by atoms with Crippen molar-refractivity contribution in [2.24, 2.45) is 0 Å². The Kier molecular flexibility index (Phi) is 5.44. The van der Waals surface area contributed by atoms with Crippen molar-refractivity contribution >= 4 is 23.5 Å². The standard InChI is InChI=1S/C25H27N3O5/c1-25(17-12-13-20-21(14-17)33-16-32-20)23(30)27(24(31)26-25)15-22(29)28(18-8-4-2-5-9-18)19-10-6-3-7-11-19/h2,4-5,8-9,12-14,19H,3,6-7,10-11,15-16H2,1H3,(H,26,31). The van der Waals surface area contributed by atoms with Crippen molar-refractivity contribution in [3.05, 3.63) is 54.1 Å². The summed E-state index contributed by atoms with van der Waals surface area (Å²) < 4.78 is 10.8. The second-order valence-corrected chi connectivity index (χ2v) is 8.91. The van der Waals surface area contributed by atoms with Gasteiger partial charge in [0.25, 0.3) is 5.91 Å². The molecule has 1 atom stereocenters. The summed E-state index contributed by atoms with van der Waals surface area (Å²) in [6, 6.07) is 14.1. The second-order valence-electron chi connectivity index (χ2n) is 8.91. The fourth-order valence-corrected chi connectivity index (χ4v) is 4.94. The van der Waals surface area contributed by atoms with Gasteiger partial charge in [0.2, 0.25) is 12.7 Å². The molecule has 8 nitrogen and oxygen atoms in total. The molecule has 8 heteroatoms. The molecule has 0 aromatic heterocycles. The molecule has 172 valence electrons. The van der Waals surface area contributed by atoms with Gasteiger partial charge in [-0.2, -0.15) is 0 Å². The molecular weight excluding hydrogens is 422 g/mol. The normalized spacial score (nSPS) is 22.4. The van der Waals surface area contributed by atoms with E-state index in [0.717, 1.165) is 42.7 Å². The summed E-state index contributed by atoms with van der Waals surface area (Å²) in [6.45, 7) is 1.45.